The summed E-state index contributed by atoms with van der Waals surface area (Å²) in [4.78, 5) is 22.4. The first-order chi connectivity index (χ1) is 7.35. The lowest BCUT2D eigenvalue weighted by molar-refractivity contribution is -0.149. The van der Waals surface area contributed by atoms with Gasteiger partial charge in [-0.25, -0.2) is 0 Å². The zero-order chi connectivity index (χ0) is 12.3. The average molecular weight is 229 g/mol. The van der Waals surface area contributed by atoms with Crippen molar-refractivity contribution in [3.8, 4) is 0 Å². The number of methoxy groups -OCH3 is 1. The zero-order valence-electron chi connectivity index (χ0n) is 9.95. The molecule has 0 unspecified atom stereocenters. The second-order valence-electron chi connectivity index (χ2n) is 4.96. The predicted octanol–water partition coefficient (Wildman–Crippen LogP) is 0.781. The van der Waals surface area contributed by atoms with Gasteiger partial charge in [-0.15, -0.1) is 0 Å². The highest BCUT2D eigenvalue weighted by molar-refractivity contribution is 5.84. The average Bonchev–Trinajstić information content (AvgIpc) is 2.09. The van der Waals surface area contributed by atoms with E-state index in [1.807, 2.05) is 0 Å². The van der Waals surface area contributed by atoms with Crippen LogP contribution < -0.4 is 5.32 Å². The number of nitrogens with one attached hydrogen (secondary N) is 1. The van der Waals surface area contributed by atoms with E-state index in [2.05, 4.69) is 5.32 Å². The summed E-state index contributed by atoms with van der Waals surface area (Å²) in [5.41, 5.74) is -1.01. The molecular formula is C11H19NO4. The smallest absolute Gasteiger partial charge is 0.309 e. The van der Waals surface area contributed by atoms with Crippen LogP contribution in [0, 0.1) is 5.41 Å². The van der Waals surface area contributed by atoms with E-state index in [9.17, 15) is 9.59 Å². The van der Waals surface area contributed by atoms with E-state index in [-0.39, 0.29) is 24.5 Å². The molecule has 1 amide bonds. The fourth-order valence-electron chi connectivity index (χ4n) is 1.63. The number of carbonyl (C=O) groups excluding carboxylic acids is 1. The monoisotopic (exact) mass is 229 g/mol. The van der Waals surface area contributed by atoms with Crippen LogP contribution >= 0.6 is 0 Å². The summed E-state index contributed by atoms with van der Waals surface area (Å²) in [6, 6.07) is 0.141. The van der Waals surface area contributed by atoms with Crippen LogP contribution in [0.1, 0.15) is 33.1 Å². The number of hydrogen-bond donors (Lipinski definition) is 2. The van der Waals surface area contributed by atoms with E-state index in [1.165, 1.54) is 0 Å². The maximum Gasteiger partial charge on any atom is 0.309 e. The Hall–Kier alpha value is -1.10. The maximum absolute atomic E-state index is 11.5. The van der Waals surface area contributed by atoms with Crippen LogP contribution in [0.25, 0.3) is 0 Å². The molecule has 0 aromatic heterocycles. The fraction of sp³-hybridized carbons (Fsp3) is 0.818. The number of rotatable bonds is 5. The largest absolute Gasteiger partial charge is 0.481 e. The van der Waals surface area contributed by atoms with E-state index in [4.69, 9.17) is 9.84 Å². The van der Waals surface area contributed by atoms with Crippen molar-refractivity contribution in [3.05, 3.63) is 0 Å². The topological polar surface area (TPSA) is 75.6 Å². The first-order valence-electron chi connectivity index (χ1n) is 5.40. The van der Waals surface area contributed by atoms with Crippen LogP contribution in [0.3, 0.4) is 0 Å². The van der Waals surface area contributed by atoms with E-state index in [0.717, 1.165) is 12.8 Å². The Morgan fingerprint density at radius 2 is 2.00 bits per heavy atom. The summed E-state index contributed by atoms with van der Waals surface area (Å²) in [6.45, 7) is 3.10. The van der Waals surface area contributed by atoms with Gasteiger partial charge >= 0.3 is 5.97 Å². The summed E-state index contributed by atoms with van der Waals surface area (Å²) in [5, 5.41) is 11.7. The van der Waals surface area contributed by atoms with E-state index in [0.29, 0.717) is 0 Å². The molecule has 1 saturated carbocycles. The molecule has 0 spiro atoms. The van der Waals surface area contributed by atoms with Crippen LogP contribution in [0.15, 0.2) is 0 Å². The van der Waals surface area contributed by atoms with Gasteiger partial charge in [-0.05, 0) is 26.7 Å². The number of carbonyl (C=O) groups is 2. The van der Waals surface area contributed by atoms with Crippen LogP contribution in [-0.4, -0.2) is 36.2 Å². The van der Waals surface area contributed by atoms with E-state index in [1.54, 1.807) is 21.0 Å². The molecule has 92 valence electrons. The van der Waals surface area contributed by atoms with Gasteiger partial charge in [0.1, 0.15) is 0 Å². The molecule has 0 aromatic rings. The molecule has 0 atom stereocenters. The Kier molecular flexibility index (Phi) is 3.91. The predicted molar refractivity (Wildman–Crippen MR) is 58.0 cm³/mol. The third-order valence-electron chi connectivity index (χ3n) is 2.97. The standard InChI is InChI=1S/C11H19NO4/c1-11(2,10(14)15)6-9(13)12-7-4-8(5-7)16-3/h7-8H,4-6H2,1-3H3,(H,12,13)(H,14,15). The van der Waals surface area contributed by atoms with Crippen molar-refractivity contribution in [3.63, 3.8) is 0 Å². The third kappa shape index (κ3) is 3.20. The number of carboxylic acids is 1. The summed E-state index contributed by atoms with van der Waals surface area (Å²) < 4.78 is 5.09. The molecule has 5 nitrogen and oxygen atoms in total. The SMILES string of the molecule is COC1CC(NC(=O)CC(C)(C)C(=O)O)C1. The van der Waals surface area contributed by atoms with Crippen LogP contribution in [0.4, 0.5) is 0 Å². The minimum absolute atomic E-state index is 0.0104. The molecule has 0 bridgehead atoms. The molecule has 1 aliphatic rings. The molecule has 0 saturated heterocycles. The molecule has 0 aliphatic heterocycles. The van der Waals surface area contributed by atoms with Crippen LogP contribution in [0.5, 0.6) is 0 Å². The number of ether oxygens (including phenoxy) is 1. The molecule has 16 heavy (non-hydrogen) atoms. The maximum atomic E-state index is 11.5. The first-order valence-corrected chi connectivity index (χ1v) is 5.40. The van der Waals surface area contributed by atoms with Gasteiger partial charge < -0.3 is 15.2 Å². The molecule has 5 heteroatoms. The van der Waals surface area contributed by atoms with Gasteiger partial charge in [-0.1, -0.05) is 0 Å². The summed E-state index contributed by atoms with van der Waals surface area (Å²) in [5.74, 6) is -1.15. The number of aliphatic carboxylic acids is 1. The van der Waals surface area contributed by atoms with Gasteiger partial charge in [0.25, 0.3) is 0 Å². The summed E-state index contributed by atoms with van der Waals surface area (Å²) >= 11 is 0. The van der Waals surface area contributed by atoms with Crippen molar-refractivity contribution < 1.29 is 19.4 Å². The Labute approximate surface area is 95.2 Å². The van der Waals surface area contributed by atoms with Crippen molar-refractivity contribution in [2.75, 3.05) is 7.11 Å². The first kappa shape index (κ1) is 13.0. The molecule has 0 aromatic carbocycles. The molecule has 0 radical (unpaired) electrons. The van der Waals surface area contributed by atoms with Crippen molar-refractivity contribution in [2.45, 2.75) is 45.3 Å². The number of hydrogen-bond acceptors (Lipinski definition) is 3. The van der Waals surface area contributed by atoms with Crippen molar-refractivity contribution >= 4 is 11.9 Å². The van der Waals surface area contributed by atoms with Gasteiger partial charge in [-0.2, -0.15) is 0 Å². The Morgan fingerprint density at radius 3 is 2.44 bits per heavy atom. The Balaban J connectivity index is 2.29. The third-order valence-corrected chi connectivity index (χ3v) is 2.97. The highest BCUT2D eigenvalue weighted by Gasteiger charge is 2.34. The molecule has 1 aliphatic carbocycles. The molecule has 1 rings (SSSR count). The van der Waals surface area contributed by atoms with Crippen molar-refractivity contribution in [1.29, 1.82) is 0 Å². The molecular weight excluding hydrogens is 210 g/mol. The number of carboxylic acid groups (broad SMARTS) is 1. The van der Waals surface area contributed by atoms with Crippen LogP contribution in [-0.2, 0) is 14.3 Å². The molecule has 1 fully saturated rings. The second-order valence-corrected chi connectivity index (χ2v) is 4.96. The van der Waals surface area contributed by atoms with Gasteiger partial charge in [0, 0.05) is 19.6 Å². The fourth-order valence-corrected chi connectivity index (χ4v) is 1.63. The van der Waals surface area contributed by atoms with Gasteiger partial charge in [0.05, 0.1) is 11.5 Å². The Morgan fingerprint density at radius 1 is 1.44 bits per heavy atom. The lowest BCUT2D eigenvalue weighted by atomic mass is 9.86. The molecule has 0 heterocycles. The lowest BCUT2D eigenvalue weighted by Crippen LogP contribution is -2.48. The van der Waals surface area contributed by atoms with E-state index < -0.39 is 11.4 Å². The lowest BCUT2D eigenvalue weighted by Gasteiger charge is -2.35. The van der Waals surface area contributed by atoms with Crippen molar-refractivity contribution in [2.24, 2.45) is 5.41 Å². The van der Waals surface area contributed by atoms with Gasteiger partial charge in [0.15, 0.2) is 0 Å². The summed E-state index contributed by atoms with van der Waals surface area (Å²) in [7, 11) is 1.65. The highest BCUT2D eigenvalue weighted by Crippen LogP contribution is 2.24. The van der Waals surface area contributed by atoms with Crippen molar-refractivity contribution in [1.82, 2.24) is 5.32 Å². The Bertz CT molecular complexity index is 282. The quantitative estimate of drug-likeness (QED) is 0.730. The zero-order valence-corrected chi connectivity index (χ0v) is 9.95. The molecule has 2 N–H and O–H groups in total. The normalized spacial score (nSPS) is 24.7. The van der Waals surface area contributed by atoms with Gasteiger partial charge in [0.2, 0.25) is 5.91 Å². The minimum Gasteiger partial charge on any atom is -0.481 e. The van der Waals surface area contributed by atoms with Gasteiger partial charge in [-0.3, -0.25) is 9.59 Å². The second kappa shape index (κ2) is 4.82. The highest BCUT2D eigenvalue weighted by atomic mass is 16.5. The van der Waals surface area contributed by atoms with Crippen LogP contribution in [0.2, 0.25) is 0 Å². The minimum atomic E-state index is -1.01. The van der Waals surface area contributed by atoms with E-state index >= 15 is 0 Å². The summed E-state index contributed by atoms with van der Waals surface area (Å²) in [6.07, 6.45) is 1.87. The number of amides is 1.